The molecule has 2 aromatic heterocycles. The largest absolute Gasteiger partial charge is 0.340 e. The summed E-state index contributed by atoms with van der Waals surface area (Å²) in [6.45, 7) is 6.80. The van der Waals surface area contributed by atoms with E-state index in [9.17, 15) is 4.79 Å². The average Bonchev–Trinajstić information content (AvgIpc) is 3.24. The van der Waals surface area contributed by atoms with Crippen molar-refractivity contribution in [3.63, 3.8) is 0 Å². The van der Waals surface area contributed by atoms with Crippen LogP contribution in [0.25, 0.3) is 0 Å². The number of nitrogens with zero attached hydrogens (tertiary/aromatic N) is 4. The fourth-order valence-corrected chi connectivity index (χ4v) is 3.75. The molecule has 1 aliphatic heterocycles. The van der Waals surface area contributed by atoms with E-state index in [2.05, 4.69) is 32.6 Å². The number of thiophene rings is 1. The van der Waals surface area contributed by atoms with E-state index in [0.717, 1.165) is 32.5 Å². The zero-order chi connectivity index (χ0) is 16.2. The lowest BCUT2D eigenvalue weighted by atomic mass is 10.2. The van der Waals surface area contributed by atoms with Crippen molar-refractivity contribution in [1.29, 1.82) is 0 Å². The van der Waals surface area contributed by atoms with Crippen LogP contribution in [0.3, 0.4) is 0 Å². The Morgan fingerprint density at radius 1 is 1.57 bits per heavy atom. The van der Waals surface area contributed by atoms with Crippen molar-refractivity contribution in [1.82, 2.24) is 19.9 Å². The number of aryl methyl sites for hydroxylation is 1. The van der Waals surface area contributed by atoms with Crippen LogP contribution in [0.4, 0.5) is 0 Å². The molecule has 0 aliphatic carbocycles. The third-order valence-electron chi connectivity index (χ3n) is 4.23. The van der Waals surface area contributed by atoms with Gasteiger partial charge in [-0.2, -0.15) is 4.98 Å². The van der Waals surface area contributed by atoms with E-state index in [1.165, 1.54) is 4.88 Å². The molecule has 6 nitrogen and oxygen atoms in total. The molecule has 124 valence electrons. The minimum atomic E-state index is 0.0672. The Kier molecular flexibility index (Phi) is 5.07. The predicted molar refractivity (Wildman–Crippen MR) is 88.1 cm³/mol. The smallest absolute Gasteiger partial charge is 0.223 e. The lowest BCUT2D eigenvalue weighted by molar-refractivity contribution is -0.131. The van der Waals surface area contributed by atoms with Gasteiger partial charge in [0.05, 0.1) is 6.54 Å². The van der Waals surface area contributed by atoms with Crippen LogP contribution in [-0.4, -0.2) is 51.5 Å². The van der Waals surface area contributed by atoms with Gasteiger partial charge in [0.1, 0.15) is 0 Å². The van der Waals surface area contributed by atoms with Crippen LogP contribution in [0.2, 0.25) is 0 Å². The molecule has 0 spiro atoms. The van der Waals surface area contributed by atoms with Crippen molar-refractivity contribution in [3.05, 3.63) is 34.1 Å². The lowest BCUT2D eigenvalue weighted by Crippen LogP contribution is -2.40. The molecule has 0 aromatic carbocycles. The topological polar surface area (TPSA) is 62.5 Å². The molecule has 0 bridgehead atoms. The molecule has 7 heteroatoms. The summed E-state index contributed by atoms with van der Waals surface area (Å²) >= 11 is 1.80. The summed E-state index contributed by atoms with van der Waals surface area (Å²) in [6.07, 6.45) is 2.08. The molecule has 3 rings (SSSR count). The second-order valence-corrected chi connectivity index (χ2v) is 6.98. The van der Waals surface area contributed by atoms with Crippen LogP contribution >= 0.6 is 11.3 Å². The number of aromatic nitrogens is 2. The number of likely N-dealkylation sites (tertiary alicyclic amines) is 1. The third-order valence-corrected chi connectivity index (χ3v) is 5.16. The summed E-state index contributed by atoms with van der Waals surface area (Å²) in [7, 11) is 0. The van der Waals surface area contributed by atoms with Gasteiger partial charge in [-0.15, -0.1) is 11.3 Å². The van der Waals surface area contributed by atoms with Gasteiger partial charge in [-0.1, -0.05) is 11.2 Å². The monoisotopic (exact) mass is 334 g/mol. The Morgan fingerprint density at radius 2 is 2.43 bits per heavy atom. The van der Waals surface area contributed by atoms with Crippen molar-refractivity contribution in [3.8, 4) is 0 Å². The van der Waals surface area contributed by atoms with Gasteiger partial charge < -0.3 is 14.3 Å². The molecule has 23 heavy (non-hydrogen) atoms. The van der Waals surface area contributed by atoms with E-state index in [1.807, 2.05) is 4.90 Å². The second-order valence-electron chi connectivity index (χ2n) is 5.95. The van der Waals surface area contributed by atoms with E-state index in [0.29, 0.717) is 18.3 Å². The highest BCUT2D eigenvalue weighted by Gasteiger charge is 2.30. The maximum absolute atomic E-state index is 12.0. The number of amides is 1. The highest BCUT2D eigenvalue weighted by Crippen LogP contribution is 2.19. The SMILES string of the molecule is CC(=O)N(Cc1noc(C)n1)[C@@H]1CCN(CCc2cccs2)C1. The number of carbonyl (C=O) groups excluding carboxylic acids is 1. The van der Waals surface area contributed by atoms with Crippen LogP contribution in [0, 0.1) is 6.92 Å². The minimum Gasteiger partial charge on any atom is -0.340 e. The summed E-state index contributed by atoms with van der Waals surface area (Å²) in [4.78, 5) is 21.9. The van der Waals surface area contributed by atoms with Crippen molar-refractivity contribution >= 4 is 17.2 Å². The lowest BCUT2D eigenvalue weighted by Gasteiger charge is -2.27. The normalized spacial score (nSPS) is 18.4. The maximum Gasteiger partial charge on any atom is 0.223 e. The van der Waals surface area contributed by atoms with E-state index in [4.69, 9.17) is 4.52 Å². The van der Waals surface area contributed by atoms with E-state index >= 15 is 0 Å². The molecular weight excluding hydrogens is 312 g/mol. The molecule has 0 unspecified atom stereocenters. The zero-order valence-electron chi connectivity index (χ0n) is 13.6. The number of carbonyl (C=O) groups is 1. The van der Waals surface area contributed by atoms with Crippen LogP contribution < -0.4 is 0 Å². The Morgan fingerprint density at radius 3 is 3.09 bits per heavy atom. The van der Waals surface area contributed by atoms with Gasteiger partial charge in [-0.3, -0.25) is 4.79 Å². The van der Waals surface area contributed by atoms with E-state index in [1.54, 1.807) is 25.2 Å². The van der Waals surface area contributed by atoms with Gasteiger partial charge in [-0.05, 0) is 24.3 Å². The fraction of sp³-hybridized carbons (Fsp3) is 0.562. The quantitative estimate of drug-likeness (QED) is 0.809. The first-order valence-corrected chi connectivity index (χ1v) is 8.81. The second kappa shape index (κ2) is 7.23. The van der Waals surface area contributed by atoms with Gasteiger partial charge in [0.15, 0.2) is 5.82 Å². The van der Waals surface area contributed by atoms with Crippen LogP contribution in [0.15, 0.2) is 22.0 Å². The first-order valence-electron chi connectivity index (χ1n) is 7.93. The molecule has 1 saturated heterocycles. The summed E-state index contributed by atoms with van der Waals surface area (Å²) in [5.41, 5.74) is 0. The molecular formula is C16H22N4O2S. The Labute approximate surface area is 140 Å². The summed E-state index contributed by atoms with van der Waals surface area (Å²) < 4.78 is 5.00. The van der Waals surface area contributed by atoms with Crippen molar-refractivity contribution in [2.24, 2.45) is 0 Å². The predicted octanol–water partition coefficient (Wildman–Crippen LogP) is 2.11. The highest BCUT2D eigenvalue weighted by atomic mass is 32.1. The number of hydrogen-bond acceptors (Lipinski definition) is 6. The standard InChI is InChI=1S/C16H22N4O2S/c1-12-17-16(18-22-12)11-20(13(2)21)14-5-7-19(10-14)8-6-15-4-3-9-23-15/h3-4,9,14H,5-8,10-11H2,1-2H3/t14-/m1/s1. The minimum absolute atomic E-state index is 0.0672. The molecule has 1 amide bonds. The maximum atomic E-state index is 12.0. The Bertz CT molecular complexity index is 640. The summed E-state index contributed by atoms with van der Waals surface area (Å²) in [5.74, 6) is 1.18. The van der Waals surface area contributed by atoms with Crippen LogP contribution in [0.1, 0.15) is 29.9 Å². The first-order chi connectivity index (χ1) is 11.1. The molecule has 0 radical (unpaired) electrons. The molecule has 1 atom stereocenters. The summed E-state index contributed by atoms with van der Waals surface area (Å²) in [5, 5.41) is 6.02. The van der Waals surface area contributed by atoms with E-state index < -0.39 is 0 Å². The first kappa shape index (κ1) is 16.1. The molecule has 1 fully saturated rings. The Hall–Kier alpha value is -1.73. The molecule has 0 N–H and O–H groups in total. The summed E-state index contributed by atoms with van der Waals surface area (Å²) in [6, 6.07) is 4.50. The van der Waals surface area contributed by atoms with Crippen molar-refractivity contribution in [2.45, 2.75) is 39.3 Å². The molecule has 0 saturated carbocycles. The molecule has 2 aromatic rings. The zero-order valence-corrected chi connectivity index (χ0v) is 14.4. The number of rotatable bonds is 6. The van der Waals surface area contributed by atoms with Gasteiger partial charge >= 0.3 is 0 Å². The molecule has 1 aliphatic rings. The van der Waals surface area contributed by atoms with Crippen LogP contribution in [-0.2, 0) is 17.8 Å². The van der Waals surface area contributed by atoms with Gasteiger partial charge in [-0.25, -0.2) is 0 Å². The van der Waals surface area contributed by atoms with E-state index in [-0.39, 0.29) is 11.9 Å². The number of hydrogen-bond donors (Lipinski definition) is 0. The Balaban J connectivity index is 1.55. The highest BCUT2D eigenvalue weighted by molar-refractivity contribution is 7.09. The third kappa shape index (κ3) is 4.17. The van der Waals surface area contributed by atoms with Crippen molar-refractivity contribution in [2.75, 3.05) is 19.6 Å². The van der Waals surface area contributed by atoms with Gasteiger partial charge in [0.2, 0.25) is 11.8 Å². The average molecular weight is 334 g/mol. The fourth-order valence-electron chi connectivity index (χ4n) is 3.05. The van der Waals surface area contributed by atoms with Crippen molar-refractivity contribution < 1.29 is 9.32 Å². The van der Waals surface area contributed by atoms with Gasteiger partial charge in [0, 0.05) is 44.4 Å². The van der Waals surface area contributed by atoms with Gasteiger partial charge in [0.25, 0.3) is 0 Å². The van der Waals surface area contributed by atoms with Crippen LogP contribution in [0.5, 0.6) is 0 Å². The molecule has 3 heterocycles.